The van der Waals surface area contributed by atoms with Gasteiger partial charge in [-0.2, -0.15) is 0 Å². The molecule has 0 saturated heterocycles. The molecule has 0 N–H and O–H groups in total. The molecule has 0 aliphatic rings. The van der Waals surface area contributed by atoms with E-state index in [1.54, 1.807) is 24.3 Å². The van der Waals surface area contributed by atoms with E-state index < -0.39 is 5.97 Å². The Labute approximate surface area is 81.7 Å². The summed E-state index contributed by atoms with van der Waals surface area (Å²) in [5, 5.41) is 0. The number of benzene rings is 1. The third-order valence-electron chi connectivity index (χ3n) is 1.60. The van der Waals surface area contributed by atoms with E-state index in [1.807, 2.05) is 0 Å². The lowest BCUT2D eigenvalue weighted by molar-refractivity contribution is -0.103. The summed E-state index contributed by atoms with van der Waals surface area (Å²) in [5.74, 6) is 4.35. The molecule has 70 valence electrons. The van der Waals surface area contributed by atoms with E-state index in [9.17, 15) is 9.59 Å². The summed E-state index contributed by atoms with van der Waals surface area (Å²) in [6.45, 7) is 0. The highest BCUT2D eigenvalue weighted by atomic mass is 16.5. The predicted molar refractivity (Wildman–Crippen MR) is 50.7 cm³/mol. The van der Waals surface area contributed by atoms with Gasteiger partial charge in [-0.1, -0.05) is 18.1 Å². The second kappa shape index (κ2) is 4.83. The molecular formula is C11H8O3. The van der Waals surface area contributed by atoms with Crippen molar-refractivity contribution in [1.29, 1.82) is 0 Å². The number of hydrogen-bond donors (Lipinski definition) is 0. The highest BCUT2D eigenvalue weighted by Crippen LogP contribution is 2.08. The molecule has 0 saturated carbocycles. The van der Waals surface area contributed by atoms with Crippen LogP contribution >= 0.6 is 0 Å². The standard InChI is InChI=1S/C11H8O3/c1-14-11(13)10-7-3-2-5-9(10)6-4-8-12/h2-3,5,7-8H,1H3. The summed E-state index contributed by atoms with van der Waals surface area (Å²) < 4.78 is 4.56. The molecule has 0 amide bonds. The topological polar surface area (TPSA) is 43.4 Å². The van der Waals surface area contributed by atoms with Crippen LogP contribution in [0.3, 0.4) is 0 Å². The number of esters is 1. The molecule has 3 nitrogen and oxygen atoms in total. The maximum atomic E-state index is 11.2. The number of carbonyl (C=O) groups is 2. The Hall–Kier alpha value is -2.08. The average Bonchev–Trinajstić information content (AvgIpc) is 2.25. The summed E-state index contributed by atoms with van der Waals surface area (Å²) >= 11 is 0. The van der Waals surface area contributed by atoms with Gasteiger partial charge in [0.1, 0.15) is 0 Å². The minimum absolute atomic E-state index is 0.365. The Bertz CT molecular complexity index is 410. The zero-order valence-electron chi connectivity index (χ0n) is 7.61. The van der Waals surface area contributed by atoms with Crippen LogP contribution in [0.25, 0.3) is 0 Å². The number of carbonyl (C=O) groups excluding carboxylic acids is 2. The molecule has 0 fully saturated rings. The first kappa shape index (κ1) is 10.0. The Morgan fingerprint density at radius 1 is 1.43 bits per heavy atom. The molecule has 0 unspecified atom stereocenters. The van der Waals surface area contributed by atoms with Gasteiger partial charge in [0.05, 0.1) is 12.7 Å². The van der Waals surface area contributed by atoms with Gasteiger partial charge >= 0.3 is 5.97 Å². The third kappa shape index (κ3) is 2.20. The predicted octanol–water partition coefficient (Wildman–Crippen LogP) is 1.02. The van der Waals surface area contributed by atoms with Crippen molar-refractivity contribution >= 4 is 12.3 Å². The van der Waals surface area contributed by atoms with Crippen molar-refractivity contribution in [2.24, 2.45) is 0 Å². The first-order valence-corrected chi connectivity index (χ1v) is 3.92. The number of hydrogen-bond acceptors (Lipinski definition) is 3. The van der Waals surface area contributed by atoms with Gasteiger partial charge in [0.25, 0.3) is 0 Å². The highest BCUT2D eigenvalue weighted by Gasteiger charge is 2.08. The van der Waals surface area contributed by atoms with Crippen LogP contribution in [-0.4, -0.2) is 19.4 Å². The van der Waals surface area contributed by atoms with Crippen LogP contribution in [0.15, 0.2) is 24.3 Å². The van der Waals surface area contributed by atoms with E-state index in [2.05, 4.69) is 16.6 Å². The lowest BCUT2D eigenvalue weighted by Gasteiger charge is -2.00. The zero-order valence-corrected chi connectivity index (χ0v) is 7.61. The molecule has 1 aromatic carbocycles. The van der Waals surface area contributed by atoms with Gasteiger partial charge in [-0.05, 0) is 18.1 Å². The van der Waals surface area contributed by atoms with Crippen molar-refractivity contribution in [3.05, 3.63) is 35.4 Å². The minimum atomic E-state index is -0.458. The van der Waals surface area contributed by atoms with Gasteiger partial charge in [0, 0.05) is 5.56 Å². The number of methoxy groups -OCH3 is 1. The minimum Gasteiger partial charge on any atom is -0.465 e. The largest absolute Gasteiger partial charge is 0.465 e. The molecule has 14 heavy (non-hydrogen) atoms. The van der Waals surface area contributed by atoms with Gasteiger partial charge in [-0.3, -0.25) is 4.79 Å². The monoisotopic (exact) mass is 188 g/mol. The van der Waals surface area contributed by atoms with Crippen LogP contribution in [0.1, 0.15) is 15.9 Å². The van der Waals surface area contributed by atoms with E-state index in [0.717, 1.165) is 0 Å². The first-order chi connectivity index (χ1) is 6.79. The van der Waals surface area contributed by atoms with Gasteiger partial charge in [0.2, 0.25) is 0 Å². The van der Waals surface area contributed by atoms with Crippen LogP contribution in [0, 0.1) is 11.8 Å². The Morgan fingerprint density at radius 3 is 2.79 bits per heavy atom. The Balaban J connectivity index is 3.15. The summed E-state index contributed by atoms with van der Waals surface area (Å²) in [6.07, 6.45) is 0.480. The molecule has 1 rings (SSSR count). The van der Waals surface area contributed by atoms with Gasteiger partial charge in [-0.25, -0.2) is 4.79 Å². The second-order valence-electron chi connectivity index (χ2n) is 2.42. The number of ether oxygens (including phenoxy) is 1. The quantitative estimate of drug-likeness (QED) is 0.375. The van der Waals surface area contributed by atoms with E-state index in [4.69, 9.17) is 0 Å². The maximum absolute atomic E-state index is 11.2. The van der Waals surface area contributed by atoms with Crippen molar-refractivity contribution in [2.45, 2.75) is 0 Å². The fourth-order valence-corrected chi connectivity index (χ4v) is 0.987. The fraction of sp³-hybridized carbons (Fsp3) is 0.0909. The molecule has 0 aromatic heterocycles. The maximum Gasteiger partial charge on any atom is 0.339 e. The second-order valence-corrected chi connectivity index (χ2v) is 2.42. The Kier molecular flexibility index (Phi) is 3.45. The van der Waals surface area contributed by atoms with E-state index >= 15 is 0 Å². The van der Waals surface area contributed by atoms with E-state index in [0.29, 0.717) is 17.4 Å². The smallest absolute Gasteiger partial charge is 0.339 e. The first-order valence-electron chi connectivity index (χ1n) is 3.92. The summed E-state index contributed by atoms with van der Waals surface area (Å²) in [5.41, 5.74) is 0.857. The van der Waals surface area contributed by atoms with E-state index in [-0.39, 0.29) is 0 Å². The highest BCUT2D eigenvalue weighted by molar-refractivity contribution is 5.92. The van der Waals surface area contributed by atoms with Crippen LogP contribution in [0.4, 0.5) is 0 Å². The summed E-state index contributed by atoms with van der Waals surface area (Å²) in [4.78, 5) is 21.3. The van der Waals surface area contributed by atoms with Crippen molar-refractivity contribution in [1.82, 2.24) is 0 Å². The Morgan fingerprint density at radius 2 is 2.14 bits per heavy atom. The lowest BCUT2D eigenvalue weighted by atomic mass is 10.1. The summed E-state index contributed by atoms with van der Waals surface area (Å²) in [6, 6.07) is 6.70. The zero-order chi connectivity index (χ0) is 10.4. The molecule has 0 bridgehead atoms. The molecular weight excluding hydrogens is 180 g/mol. The fourth-order valence-electron chi connectivity index (χ4n) is 0.987. The van der Waals surface area contributed by atoms with Crippen molar-refractivity contribution in [3.63, 3.8) is 0 Å². The van der Waals surface area contributed by atoms with Crippen LogP contribution in [0.5, 0.6) is 0 Å². The summed E-state index contributed by atoms with van der Waals surface area (Å²) in [7, 11) is 1.30. The van der Waals surface area contributed by atoms with E-state index in [1.165, 1.54) is 7.11 Å². The van der Waals surface area contributed by atoms with Crippen molar-refractivity contribution < 1.29 is 14.3 Å². The third-order valence-corrected chi connectivity index (χ3v) is 1.60. The normalized spacial score (nSPS) is 8.36. The van der Waals surface area contributed by atoms with Crippen molar-refractivity contribution in [3.8, 4) is 11.8 Å². The molecule has 3 heteroatoms. The SMILES string of the molecule is COC(=O)c1ccccc1C#CC=O. The number of rotatable bonds is 1. The number of aldehydes is 1. The molecule has 0 heterocycles. The van der Waals surface area contributed by atoms with Gasteiger partial charge in [0.15, 0.2) is 6.29 Å². The van der Waals surface area contributed by atoms with Gasteiger partial charge in [-0.15, -0.1) is 0 Å². The van der Waals surface area contributed by atoms with Crippen LogP contribution in [-0.2, 0) is 9.53 Å². The van der Waals surface area contributed by atoms with Gasteiger partial charge < -0.3 is 4.74 Å². The average molecular weight is 188 g/mol. The van der Waals surface area contributed by atoms with Crippen molar-refractivity contribution in [2.75, 3.05) is 7.11 Å². The molecule has 0 aliphatic heterocycles. The van der Waals surface area contributed by atoms with Crippen LogP contribution in [0.2, 0.25) is 0 Å². The molecule has 0 atom stereocenters. The molecule has 0 radical (unpaired) electrons. The molecule has 0 spiro atoms. The van der Waals surface area contributed by atoms with Crippen LogP contribution < -0.4 is 0 Å². The molecule has 0 aliphatic carbocycles. The lowest BCUT2D eigenvalue weighted by Crippen LogP contribution is -2.03. The molecule has 1 aromatic rings.